The summed E-state index contributed by atoms with van der Waals surface area (Å²) in [7, 11) is 0. The van der Waals surface area contributed by atoms with E-state index in [0.29, 0.717) is 0 Å². The van der Waals surface area contributed by atoms with Crippen LogP contribution in [0.3, 0.4) is 0 Å². The van der Waals surface area contributed by atoms with Gasteiger partial charge in [-0.25, -0.2) is 0 Å². The Morgan fingerprint density at radius 3 is 0.364 bits per heavy atom. The second-order valence-corrected chi connectivity index (χ2v) is 8.50. The van der Waals surface area contributed by atoms with Crippen LogP contribution < -0.4 is 0 Å². The van der Waals surface area contributed by atoms with Gasteiger partial charge in [0.15, 0.2) is 0 Å². The molecule has 9 aromatic rings. The number of nitrogens with zero attached hydrogens (tertiary/aromatic N) is 18. The molecule has 18 nitrogen and oxygen atoms in total. The lowest BCUT2D eigenvalue weighted by Crippen LogP contribution is -1.77. The van der Waals surface area contributed by atoms with E-state index in [9.17, 15) is 0 Å². The van der Waals surface area contributed by atoms with E-state index in [1.807, 2.05) is 6.92 Å². The Kier molecular flexibility index (Phi) is 32.7. The van der Waals surface area contributed by atoms with Crippen molar-refractivity contribution in [2.75, 3.05) is 0 Å². The molecule has 0 bridgehead atoms. The molecular formula is C37H38N18. The maximum atomic E-state index is 3.92. The van der Waals surface area contributed by atoms with Crippen LogP contribution in [-0.4, -0.2) is 89.7 Å². The van der Waals surface area contributed by atoms with Gasteiger partial charge >= 0.3 is 0 Å². The molecule has 0 aliphatic rings. The van der Waals surface area contributed by atoms with Crippen molar-refractivity contribution < 1.29 is 0 Å². The standard InChI is InChI=1S/C5H6N2.8C4H4N2/c1-5-4-6-2-3-7-5;8*1-2-6-4-3-5-1/h2-4H,1H3;8*1-4H. The summed E-state index contributed by atoms with van der Waals surface area (Å²) >= 11 is 0. The van der Waals surface area contributed by atoms with E-state index in [2.05, 4.69) is 89.7 Å². The van der Waals surface area contributed by atoms with Crippen molar-refractivity contribution in [2.45, 2.75) is 6.92 Å². The third-order valence-electron chi connectivity index (χ3n) is 4.51. The SMILES string of the molecule is Cc1cnccn1.c1cnccn1.c1cnccn1.c1cnccn1.c1cnccn1.c1cnccn1.c1cnccn1.c1cnccn1.c1cnccn1. The molecule has 0 spiro atoms. The van der Waals surface area contributed by atoms with Crippen molar-refractivity contribution in [1.82, 2.24) is 89.7 Å². The van der Waals surface area contributed by atoms with Crippen LogP contribution >= 0.6 is 0 Å². The van der Waals surface area contributed by atoms with Crippen LogP contribution in [0.1, 0.15) is 5.69 Å². The predicted molar refractivity (Wildman–Crippen MR) is 203 cm³/mol. The molecule has 0 saturated carbocycles. The van der Waals surface area contributed by atoms with Crippen LogP contribution in [-0.2, 0) is 0 Å². The molecule has 0 fully saturated rings. The summed E-state index contributed by atoms with van der Waals surface area (Å²) in [6.07, 6.45) is 57.5. The molecule has 0 aliphatic carbocycles. The highest BCUT2D eigenvalue weighted by Crippen LogP contribution is 1.81. The monoisotopic (exact) mass is 734 g/mol. The van der Waals surface area contributed by atoms with E-state index >= 15 is 0 Å². The highest BCUT2D eigenvalue weighted by Gasteiger charge is 1.74. The first kappa shape index (κ1) is 44.7. The molecule has 9 rings (SSSR count). The van der Waals surface area contributed by atoms with Crippen LogP contribution in [0.25, 0.3) is 0 Å². The summed E-state index contributed by atoms with van der Waals surface area (Å²) in [5, 5.41) is 0. The zero-order valence-corrected chi connectivity index (χ0v) is 29.8. The molecule has 0 amide bonds. The van der Waals surface area contributed by atoms with Gasteiger partial charge in [0, 0.05) is 217 Å². The maximum Gasteiger partial charge on any atom is 0.0555 e. The van der Waals surface area contributed by atoms with Gasteiger partial charge in [-0.1, -0.05) is 0 Å². The van der Waals surface area contributed by atoms with Gasteiger partial charge < -0.3 is 0 Å². The van der Waals surface area contributed by atoms with Crippen molar-refractivity contribution in [1.29, 1.82) is 0 Å². The maximum absolute atomic E-state index is 3.92. The third-order valence-corrected chi connectivity index (χ3v) is 4.51. The van der Waals surface area contributed by atoms with E-state index < -0.39 is 0 Å². The molecule has 0 saturated heterocycles. The summed E-state index contributed by atoms with van der Waals surface area (Å²) in [6, 6.07) is 0. The van der Waals surface area contributed by atoms with Crippen molar-refractivity contribution in [3.8, 4) is 0 Å². The van der Waals surface area contributed by atoms with Gasteiger partial charge in [-0.15, -0.1) is 0 Å². The van der Waals surface area contributed by atoms with Gasteiger partial charge in [0.05, 0.1) is 5.69 Å². The third kappa shape index (κ3) is 38.4. The van der Waals surface area contributed by atoms with E-state index in [-0.39, 0.29) is 0 Å². The fraction of sp³-hybridized carbons (Fsp3) is 0.0270. The molecule has 0 aliphatic heterocycles. The Labute approximate surface area is 318 Å². The highest BCUT2D eigenvalue weighted by molar-refractivity contribution is 4.89. The molecule has 18 heteroatoms. The molecule has 55 heavy (non-hydrogen) atoms. The van der Waals surface area contributed by atoms with Crippen molar-refractivity contribution in [3.63, 3.8) is 0 Å². The lowest BCUT2D eigenvalue weighted by Gasteiger charge is -1.81. The Balaban J connectivity index is 0.000000309. The van der Waals surface area contributed by atoms with Crippen LogP contribution in [0.15, 0.2) is 217 Å². The molecule has 0 unspecified atom stereocenters. The lowest BCUT2D eigenvalue weighted by atomic mass is 10.5. The molecule has 0 aromatic carbocycles. The van der Waals surface area contributed by atoms with Crippen LogP contribution in [0, 0.1) is 6.92 Å². The summed E-state index contributed by atoms with van der Waals surface area (Å²) in [4.78, 5) is 67.3. The molecule has 276 valence electrons. The molecule has 0 atom stereocenters. The summed E-state index contributed by atoms with van der Waals surface area (Å²) in [5.74, 6) is 0. The summed E-state index contributed by atoms with van der Waals surface area (Å²) in [5.41, 5.74) is 0.961. The van der Waals surface area contributed by atoms with E-state index in [4.69, 9.17) is 0 Å². The molecule has 9 heterocycles. The van der Waals surface area contributed by atoms with E-state index in [1.165, 1.54) is 0 Å². The zero-order valence-electron chi connectivity index (χ0n) is 29.8. The minimum Gasteiger partial charge on any atom is -0.262 e. The summed E-state index contributed by atoms with van der Waals surface area (Å²) < 4.78 is 0. The Bertz CT molecular complexity index is 1290. The van der Waals surface area contributed by atoms with Crippen LogP contribution in [0.4, 0.5) is 0 Å². The Hall–Kier alpha value is -8.28. The van der Waals surface area contributed by atoms with Crippen molar-refractivity contribution in [3.05, 3.63) is 223 Å². The molecular weight excluding hydrogens is 697 g/mol. The van der Waals surface area contributed by atoms with Crippen molar-refractivity contribution in [2.24, 2.45) is 0 Å². The van der Waals surface area contributed by atoms with Gasteiger partial charge in [0.25, 0.3) is 0 Å². The minimum atomic E-state index is 0.961. The number of aromatic nitrogens is 18. The van der Waals surface area contributed by atoms with Gasteiger partial charge in [-0.2, -0.15) is 0 Å². The second kappa shape index (κ2) is 40.2. The van der Waals surface area contributed by atoms with Crippen LogP contribution in [0.5, 0.6) is 0 Å². The topological polar surface area (TPSA) is 232 Å². The minimum absolute atomic E-state index is 0.961. The predicted octanol–water partition coefficient (Wildman–Crippen LogP) is 4.60. The average molecular weight is 735 g/mol. The van der Waals surface area contributed by atoms with Crippen LogP contribution in [0.2, 0.25) is 0 Å². The largest absolute Gasteiger partial charge is 0.262 e. The average Bonchev–Trinajstić information content (AvgIpc) is 3.33. The number of rotatable bonds is 0. The molecule has 9 aromatic heterocycles. The number of aryl methyl sites for hydroxylation is 1. The first-order valence-corrected chi connectivity index (χ1v) is 15.7. The molecule has 0 N–H and O–H groups in total. The quantitative estimate of drug-likeness (QED) is 0.207. The fourth-order valence-electron chi connectivity index (χ4n) is 2.40. The lowest BCUT2D eigenvalue weighted by molar-refractivity contribution is 1.12. The second-order valence-electron chi connectivity index (χ2n) is 8.50. The highest BCUT2D eigenvalue weighted by atomic mass is 14.8. The smallest absolute Gasteiger partial charge is 0.0555 e. The number of hydrogen-bond donors (Lipinski definition) is 0. The van der Waals surface area contributed by atoms with E-state index in [0.717, 1.165) is 5.69 Å². The first-order valence-electron chi connectivity index (χ1n) is 15.7. The van der Waals surface area contributed by atoms with Gasteiger partial charge in [-0.3, -0.25) is 89.7 Å². The Morgan fingerprint density at radius 1 is 0.182 bits per heavy atom. The van der Waals surface area contributed by atoms with Gasteiger partial charge in [-0.05, 0) is 6.92 Å². The van der Waals surface area contributed by atoms with E-state index in [1.54, 1.807) is 217 Å². The zero-order chi connectivity index (χ0) is 39.1. The first-order chi connectivity index (χ1) is 27.4. The molecule has 0 radical (unpaired) electrons. The normalized spacial score (nSPS) is 8.09. The fourth-order valence-corrected chi connectivity index (χ4v) is 2.40. The van der Waals surface area contributed by atoms with Gasteiger partial charge in [0.1, 0.15) is 0 Å². The Morgan fingerprint density at radius 2 is 0.309 bits per heavy atom. The summed E-state index contributed by atoms with van der Waals surface area (Å²) in [6.45, 7) is 1.91. The number of hydrogen-bond acceptors (Lipinski definition) is 18. The van der Waals surface area contributed by atoms with Gasteiger partial charge in [0.2, 0.25) is 0 Å². The van der Waals surface area contributed by atoms with Crippen molar-refractivity contribution >= 4 is 0 Å².